The number of carbonyl (C=O) groups is 1. The van der Waals surface area contributed by atoms with E-state index >= 15 is 0 Å². The van der Waals surface area contributed by atoms with E-state index in [9.17, 15) is 18.0 Å². The lowest BCUT2D eigenvalue weighted by Gasteiger charge is -2.39. The summed E-state index contributed by atoms with van der Waals surface area (Å²) < 4.78 is 40.4. The van der Waals surface area contributed by atoms with Gasteiger partial charge in [-0.2, -0.15) is 0 Å². The number of likely N-dealkylation sites (tertiary alicyclic amines) is 1. The number of carbonyl (C=O) groups excluding carboxylic acids is 1. The van der Waals surface area contributed by atoms with Crippen LogP contribution in [0.25, 0.3) is 10.9 Å². The van der Waals surface area contributed by atoms with Crippen LogP contribution in [0.4, 0.5) is 13.2 Å². The number of aromatic amines is 1. The van der Waals surface area contributed by atoms with Crippen molar-refractivity contribution in [1.82, 2.24) is 9.88 Å². The van der Waals surface area contributed by atoms with Gasteiger partial charge in [-0.3, -0.25) is 4.79 Å². The molecule has 0 spiro atoms. The van der Waals surface area contributed by atoms with E-state index in [2.05, 4.69) is 9.72 Å². The predicted molar refractivity (Wildman–Crippen MR) is 94.5 cm³/mol. The molecule has 1 aliphatic rings. The molecule has 4 nitrogen and oxygen atoms in total. The molecule has 0 bridgehead atoms. The van der Waals surface area contributed by atoms with Gasteiger partial charge < -0.3 is 14.6 Å². The van der Waals surface area contributed by atoms with Gasteiger partial charge in [0.05, 0.1) is 0 Å². The second kappa shape index (κ2) is 6.64. The summed E-state index contributed by atoms with van der Waals surface area (Å²) in [4.78, 5) is 17.4. The number of hydrogen-bond acceptors (Lipinski definition) is 2. The number of benzene rings is 2. The SMILES string of the molecule is O=C(c1ccc2cc[nH]c2c1)N1CC(Cc2ccc(OC(F)(F)F)cc2)C1. The van der Waals surface area contributed by atoms with Gasteiger partial charge in [0.1, 0.15) is 5.75 Å². The van der Waals surface area contributed by atoms with E-state index in [0.29, 0.717) is 31.0 Å². The lowest BCUT2D eigenvalue weighted by Crippen LogP contribution is -2.50. The monoisotopic (exact) mass is 374 g/mol. The van der Waals surface area contributed by atoms with Crippen molar-refractivity contribution in [2.75, 3.05) is 13.1 Å². The molecule has 2 heterocycles. The third-order valence-electron chi connectivity index (χ3n) is 4.73. The van der Waals surface area contributed by atoms with Crippen molar-refractivity contribution in [3.05, 3.63) is 65.9 Å². The van der Waals surface area contributed by atoms with Crippen molar-refractivity contribution in [3.63, 3.8) is 0 Å². The molecule has 1 aromatic heterocycles. The molecule has 0 unspecified atom stereocenters. The fourth-order valence-electron chi connectivity index (χ4n) is 3.39. The van der Waals surface area contributed by atoms with Crippen molar-refractivity contribution in [1.29, 1.82) is 0 Å². The van der Waals surface area contributed by atoms with Crippen LogP contribution in [0.15, 0.2) is 54.7 Å². The highest BCUT2D eigenvalue weighted by Crippen LogP contribution is 2.26. The second-order valence-corrected chi connectivity index (χ2v) is 6.75. The number of hydrogen-bond donors (Lipinski definition) is 1. The summed E-state index contributed by atoms with van der Waals surface area (Å²) in [6.07, 6.45) is -2.13. The Labute approximate surface area is 153 Å². The number of aromatic nitrogens is 1. The number of halogens is 3. The Kier molecular flexibility index (Phi) is 4.30. The van der Waals surface area contributed by atoms with Crippen LogP contribution in [0.2, 0.25) is 0 Å². The van der Waals surface area contributed by atoms with Crippen molar-refractivity contribution in [3.8, 4) is 5.75 Å². The fourth-order valence-corrected chi connectivity index (χ4v) is 3.39. The van der Waals surface area contributed by atoms with Gasteiger partial charge in [-0.15, -0.1) is 13.2 Å². The normalized spacial score (nSPS) is 15.0. The first-order chi connectivity index (χ1) is 12.9. The molecule has 1 aliphatic heterocycles. The highest BCUT2D eigenvalue weighted by Gasteiger charge is 2.32. The third-order valence-corrected chi connectivity index (χ3v) is 4.73. The maximum absolute atomic E-state index is 12.6. The maximum atomic E-state index is 12.6. The Morgan fingerprint density at radius 2 is 1.85 bits per heavy atom. The van der Waals surface area contributed by atoms with Crippen LogP contribution in [0.3, 0.4) is 0 Å². The predicted octanol–water partition coefficient (Wildman–Crippen LogP) is 4.38. The lowest BCUT2D eigenvalue weighted by atomic mass is 9.91. The molecule has 27 heavy (non-hydrogen) atoms. The number of H-pyrrole nitrogens is 1. The fraction of sp³-hybridized carbons (Fsp3) is 0.250. The van der Waals surface area contributed by atoms with Crippen molar-refractivity contribution in [2.24, 2.45) is 5.92 Å². The van der Waals surface area contributed by atoms with E-state index in [0.717, 1.165) is 16.5 Å². The quantitative estimate of drug-likeness (QED) is 0.737. The molecule has 0 aliphatic carbocycles. The summed E-state index contributed by atoms with van der Waals surface area (Å²) >= 11 is 0. The summed E-state index contributed by atoms with van der Waals surface area (Å²) in [7, 11) is 0. The summed E-state index contributed by atoms with van der Waals surface area (Å²) in [5, 5.41) is 1.06. The van der Waals surface area contributed by atoms with E-state index in [1.54, 1.807) is 17.0 Å². The summed E-state index contributed by atoms with van der Waals surface area (Å²) in [6.45, 7) is 1.28. The summed E-state index contributed by atoms with van der Waals surface area (Å²) in [5.41, 5.74) is 2.51. The number of fused-ring (bicyclic) bond motifs is 1. The summed E-state index contributed by atoms with van der Waals surface area (Å²) in [6, 6.07) is 13.4. The Bertz CT molecular complexity index is 957. The van der Waals surface area contributed by atoms with Gasteiger partial charge >= 0.3 is 6.36 Å². The zero-order chi connectivity index (χ0) is 19.0. The minimum Gasteiger partial charge on any atom is -0.406 e. The molecular formula is C20H17F3N2O2. The van der Waals surface area contributed by atoms with Gasteiger partial charge in [0.2, 0.25) is 0 Å². The molecule has 4 rings (SSSR count). The molecule has 140 valence electrons. The van der Waals surface area contributed by atoms with E-state index in [4.69, 9.17) is 0 Å². The van der Waals surface area contributed by atoms with Crippen LogP contribution in [-0.2, 0) is 6.42 Å². The number of nitrogens with one attached hydrogen (secondary N) is 1. The van der Waals surface area contributed by atoms with Gasteiger partial charge in [0.15, 0.2) is 0 Å². The Morgan fingerprint density at radius 1 is 1.11 bits per heavy atom. The molecule has 7 heteroatoms. The largest absolute Gasteiger partial charge is 0.573 e. The molecule has 3 aromatic rings. The Balaban J connectivity index is 1.32. The Morgan fingerprint density at radius 3 is 2.56 bits per heavy atom. The highest BCUT2D eigenvalue weighted by molar-refractivity contribution is 5.98. The number of alkyl halides is 3. The summed E-state index contributed by atoms with van der Waals surface area (Å²) in [5.74, 6) is 0.0746. The molecule has 1 saturated heterocycles. The van der Waals surface area contributed by atoms with E-state index < -0.39 is 6.36 Å². The molecule has 0 saturated carbocycles. The maximum Gasteiger partial charge on any atom is 0.573 e. The van der Waals surface area contributed by atoms with E-state index in [1.807, 2.05) is 30.5 Å². The average Bonchev–Trinajstić information content (AvgIpc) is 3.05. The van der Waals surface area contributed by atoms with Gasteiger partial charge in [0, 0.05) is 30.4 Å². The Hall–Kier alpha value is -2.96. The van der Waals surface area contributed by atoms with Gasteiger partial charge in [-0.25, -0.2) is 0 Å². The first kappa shape index (κ1) is 17.5. The van der Waals surface area contributed by atoms with Crippen LogP contribution >= 0.6 is 0 Å². The topological polar surface area (TPSA) is 45.3 Å². The number of rotatable bonds is 4. The molecule has 1 fully saturated rings. The lowest BCUT2D eigenvalue weighted by molar-refractivity contribution is -0.274. The van der Waals surface area contributed by atoms with E-state index in [1.165, 1.54) is 12.1 Å². The first-order valence-corrected chi connectivity index (χ1v) is 8.58. The van der Waals surface area contributed by atoms with Crippen molar-refractivity contribution < 1.29 is 22.7 Å². The third kappa shape index (κ3) is 3.92. The van der Waals surface area contributed by atoms with Crippen LogP contribution in [0, 0.1) is 5.92 Å². The van der Waals surface area contributed by atoms with Crippen LogP contribution in [0.1, 0.15) is 15.9 Å². The van der Waals surface area contributed by atoms with Crippen molar-refractivity contribution in [2.45, 2.75) is 12.8 Å². The minimum absolute atomic E-state index is 0.00308. The number of amides is 1. The van der Waals surface area contributed by atoms with Crippen LogP contribution in [-0.4, -0.2) is 35.2 Å². The first-order valence-electron chi connectivity index (χ1n) is 8.58. The smallest absolute Gasteiger partial charge is 0.406 e. The number of ether oxygens (including phenoxy) is 1. The standard InChI is InChI=1S/C20H17F3N2O2/c21-20(22,23)27-17-5-1-13(2-6-17)9-14-11-25(12-14)19(26)16-4-3-15-7-8-24-18(15)10-16/h1-8,10,14,24H,9,11-12H2. The molecule has 2 aromatic carbocycles. The molecule has 0 atom stereocenters. The molecule has 0 radical (unpaired) electrons. The second-order valence-electron chi connectivity index (χ2n) is 6.75. The molecule has 1 N–H and O–H groups in total. The minimum atomic E-state index is -4.68. The van der Waals surface area contributed by atoms with Crippen LogP contribution < -0.4 is 4.74 Å². The van der Waals surface area contributed by atoms with Gasteiger partial charge in [0.25, 0.3) is 5.91 Å². The number of nitrogens with zero attached hydrogens (tertiary/aromatic N) is 1. The molecule has 1 amide bonds. The van der Waals surface area contributed by atoms with E-state index in [-0.39, 0.29) is 11.7 Å². The average molecular weight is 374 g/mol. The zero-order valence-electron chi connectivity index (χ0n) is 14.3. The van der Waals surface area contributed by atoms with Gasteiger partial charge in [-0.05, 0) is 53.6 Å². The highest BCUT2D eigenvalue weighted by atomic mass is 19.4. The molecular weight excluding hydrogens is 357 g/mol. The van der Waals surface area contributed by atoms with Gasteiger partial charge in [-0.1, -0.05) is 18.2 Å². The van der Waals surface area contributed by atoms with Crippen molar-refractivity contribution >= 4 is 16.8 Å². The van der Waals surface area contributed by atoms with Crippen LogP contribution in [0.5, 0.6) is 5.75 Å². The zero-order valence-corrected chi connectivity index (χ0v) is 14.3.